The van der Waals surface area contributed by atoms with Gasteiger partial charge in [0.1, 0.15) is 23.7 Å². The molecule has 2 aliphatic carbocycles. The lowest BCUT2D eigenvalue weighted by molar-refractivity contribution is -0.141. The topological polar surface area (TPSA) is 163 Å². The molecule has 4 rings (SSSR count). The molecule has 4 N–H and O–H groups in total. The van der Waals surface area contributed by atoms with Crippen LogP contribution in [-0.4, -0.2) is 73.4 Å². The molecular formula is C28H45N5O7S. The fourth-order valence-corrected chi connectivity index (χ4v) is 7.32. The summed E-state index contributed by atoms with van der Waals surface area (Å²) in [6.07, 6.45) is 10.9. The SMILES string of the molecule is CC(C)NS(=O)(=O)NC(=O)[C@@]12C[C@H]1/C=C\CCCCC[C@H](NC(=O)OC1CCCC1)C(=O)N1C[C@H](C)C[C@H]1C(=O)N2. The monoisotopic (exact) mass is 595 g/mol. The summed E-state index contributed by atoms with van der Waals surface area (Å²) in [5.41, 5.74) is -1.43. The minimum atomic E-state index is -4.13. The second-order valence-corrected chi connectivity index (χ2v) is 13.8. The van der Waals surface area contributed by atoms with Crippen molar-refractivity contribution in [2.75, 3.05) is 6.54 Å². The molecule has 12 nitrogen and oxygen atoms in total. The average molecular weight is 596 g/mol. The number of fused-ring (bicyclic) bond motifs is 2. The Morgan fingerprint density at radius 1 is 1.10 bits per heavy atom. The zero-order chi connectivity index (χ0) is 29.8. The van der Waals surface area contributed by atoms with Gasteiger partial charge < -0.3 is 20.3 Å². The molecule has 1 saturated heterocycles. The van der Waals surface area contributed by atoms with E-state index >= 15 is 0 Å². The molecule has 41 heavy (non-hydrogen) atoms. The Morgan fingerprint density at radius 3 is 2.51 bits per heavy atom. The summed E-state index contributed by atoms with van der Waals surface area (Å²) in [7, 11) is -4.13. The molecule has 0 aromatic carbocycles. The van der Waals surface area contributed by atoms with Crippen LogP contribution in [0.4, 0.5) is 4.79 Å². The number of ether oxygens (including phenoxy) is 1. The van der Waals surface area contributed by atoms with E-state index in [2.05, 4.69) is 20.1 Å². The highest BCUT2D eigenvalue weighted by Crippen LogP contribution is 2.45. The number of alkyl carbamates (subject to hydrolysis) is 1. The molecule has 0 radical (unpaired) electrons. The van der Waals surface area contributed by atoms with Gasteiger partial charge in [-0.1, -0.05) is 31.9 Å². The van der Waals surface area contributed by atoms with E-state index in [-0.39, 0.29) is 30.3 Å². The van der Waals surface area contributed by atoms with E-state index in [1.165, 1.54) is 4.90 Å². The van der Waals surface area contributed by atoms with Gasteiger partial charge in [-0.15, -0.1) is 0 Å². The van der Waals surface area contributed by atoms with Crippen LogP contribution in [-0.2, 0) is 29.3 Å². The first-order valence-electron chi connectivity index (χ1n) is 15.0. The van der Waals surface area contributed by atoms with Gasteiger partial charge in [0.25, 0.3) is 5.91 Å². The molecule has 0 aromatic heterocycles. The molecule has 2 heterocycles. The third-order valence-corrected chi connectivity index (χ3v) is 9.61. The van der Waals surface area contributed by atoms with Gasteiger partial charge in [-0.2, -0.15) is 13.1 Å². The number of nitrogens with zero attached hydrogens (tertiary/aromatic N) is 1. The Balaban J connectivity index is 1.54. The lowest BCUT2D eigenvalue weighted by atomic mass is 10.0. The quantitative estimate of drug-likeness (QED) is 0.341. The Morgan fingerprint density at radius 2 is 1.80 bits per heavy atom. The number of rotatable bonds is 6. The highest BCUT2D eigenvalue weighted by molar-refractivity contribution is 7.88. The highest BCUT2D eigenvalue weighted by atomic mass is 32.2. The van der Waals surface area contributed by atoms with Gasteiger partial charge in [-0.05, 0) is 77.6 Å². The van der Waals surface area contributed by atoms with E-state index in [0.29, 0.717) is 25.8 Å². The summed E-state index contributed by atoms with van der Waals surface area (Å²) in [6.45, 7) is 5.56. The van der Waals surface area contributed by atoms with Crippen molar-refractivity contribution in [3.8, 4) is 0 Å². The molecule has 230 valence electrons. The summed E-state index contributed by atoms with van der Waals surface area (Å²) in [4.78, 5) is 55.0. The van der Waals surface area contributed by atoms with E-state index in [0.717, 1.165) is 44.9 Å². The second kappa shape index (κ2) is 13.1. The van der Waals surface area contributed by atoms with Gasteiger partial charge in [0.05, 0.1) is 0 Å². The Hall–Kier alpha value is -2.67. The van der Waals surface area contributed by atoms with Gasteiger partial charge in [0.15, 0.2) is 0 Å². The Kier molecular flexibility index (Phi) is 9.99. The van der Waals surface area contributed by atoms with Crippen LogP contribution in [0.3, 0.4) is 0 Å². The Bertz CT molecular complexity index is 1140. The molecule has 0 bridgehead atoms. The summed E-state index contributed by atoms with van der Waals surface area (Å²) in [5.74, 6) is -2.01. The predicted molar refractivity (Wildman–Crippen MR) is 151 cm³/mol. The zero-order valence-electron chi connectivity index (χ0n) is 24.3. The van der Waals surface area contributed by atoms with Gasteiger partial charge in [0, 0.05) is 18.5 Å². The third-order valence-electron chi connectivity index (χ3n) is 8.38. The molecular weight excluding hydrogens is 550 g/mol. The van der Waals surface area contributed by atoms with Crippen LogP contribution < -0.4 is 20.1 Å². The molecule has 0 aromatic rings. The number of carbonyl (C=O) groups is 4. The number of hydrogen-bond donors (Lipinski definition) is 4. The first kappa shape index (κ1) is 31.3. The predicted octanol–water partition coefficient (Wildman–Crippen LogP) is 2.02. The number of amides is 4. The van der Waals surface area contributed by atoms with E-state index < -0.39 is 51.8 Å². The lowest BCUT2D eigenvalue weighted by Crippen LogP contribution is -2.59. The van der Waals surface area contributed by atoms with Crippen LogP contribution >= 0.6 is 0 Å². The zero-order valence-corrected chi connectivity index (χ0v) is 25.1. The normalized spacial score (nSPS) is 32.2. The van der Waals surface area contributed by atoms with E-state index in [9.17, 15) is 27.6 Å². The number of hydrogen-bond acceptors (Lipinski definition) is 7. The molecule has 2 saturated carbocycles. The lowest BCUT2D eigenvalue weighted by Gasteiger charge is -2.30. The minimum Gasteiger partial charge on any atom is -0.446 e. The van der Waals surface area contributed by atoms with E-state index in [4.69, 9.17) is 4.74 Å². The van der Waals surface area contributed by atoms with Crippen LogP contribution in [0, 0.1) is 11.8 Å². The minimum absolute atomic E-state index is 0.0231. The number of carbonyl (C=O) groups excluding carboxylic acids is 4. The van der Waals surface area contributed by atoms with Crippen molar-refractivity contribution in [1.29, 1.82) is 0 Å². The van der Waals surface area contributed by atoms with E-state index in [1.807, 2.05) is 19.1 Å². The number of nitrogens with one attached hydrogen (secondary N) is 4. The fraction of sp³-hybridized carbons (Fsp3) is 0.786. The summed E-state index contributed by atoms with van der Waals surface area (Å²) in [6, 6.07) is -2.10. The summed E-state index contributed by atoms with van der Waals surface area (Å²) < 4.78 is 34.9. The second-order valence-electron chi connectivity index (χ2n) is 12.4. The molecule has 5 atom stereocenters. The van der Waals surface area contributed by atoms with Crippen molar-refractivity contribution >= 4 is 34.0 Å². The van der Waals surface area contributed by atoms with Crippen LogP contribution in [0.1, 0.15) is 91.4 Å². The first-order chi connectivity index (χ1) is 19.4. The van der Waals surface area contributed by atoms with Crippen molar-refractivity contribution in [3.63, 3.8) is 0 Å². The summed E-state index contributed by atoms with van der Waals surface area (Å²) in [5, 5.41) is 5.61. The first-order valence-corrected chi connectivity index (χ1v) is 16.5. The third kappa shape index (κ3) is 8.00. The summed E-state index contributed by atoms with van der Waals surface area (Å²) >= 11 is 0. The van der Waals surface area contributed by atoms with Crippen LogP contribution in [0.5, 0.6) is 0 Å². The van der Waals surface area contributed by atoms with Gasteiger partial charge in [-0.3, -0.25) is 14.4 Å². The number of allylic oxidation sites excluding steroid dienone is 1. The average Bonchev–Trinajstić information content (AvgIpc) is 3.16. The maximum atomic E-state index is 13.8. The maximum absolute atomic E-state index is 13.8. The molecule has 3 fully saturated rings. The Labute approximate surface area is 242 Å². The molecule has 13 heteroatoms. The van der Waals surface area contributed by atoms with Gasteiger partial charge in [0.2, 0.25) is 11.8 Å². The van der Waals surface area contributed by atoms with Crippen LogP contribution in [0.25, 0.3) is 0 Å². The van der Waals surface area contributed by atoms with Gasteiger partial charge in [-0.25, -0.2) is 9.52 Å². The smallest absolute Gasteiger partial charge is 0.408 e. The fourth-order valence-electron chi connectivity index (χ4n) is 6.22. The molecule has 4 amide bonds. The van der Waals surface area contributed by atoms with Crippen molar-refractivity contribution in [3.05, 3.63) is 12.2 Å². The van der Waals surface area contributed by atoms with Crippen molar-refractivity contribution < 1.29 is 32.3 Å². The van der Waals surface area contributed by atoms with Crippen LogP contribution in [0.2, 0.25) is 0 Å². The standard InChI is InChI=1S/C28H45N5O7S/c1-18(2)31-41(38,39)32-26(36)28-16-20(28)11-7-5-4-6-8-14-22(29-27(37)40-21-12-9-10-13-21)25(35)33-17-19(3)15-23(33)24(34)30-28/h7,11,18-23,31H,4-6,8-10,12-17H2,1-3H3,(H,29,37)(H,30,34)(H,32,36)/b11-7-/t19-,20-,22+,23+,28-/m1/s1. The molecule has 2 aliphatic heterocycles. The largest absolute Gasteiger partial charge is 0.446 e. The van der Waals surface area contributed by atoms with Crippen LogP contribution in [0.15, 0.2) is 12.2 Å². The van der Waals surface area contributed by atoms with Gasteiger partial charge >= 0.3 is 16.3 Å². The highest BCUT2D eigenvalue weighted by Gasteiger charge is 2.61. The van der Waals surface area contributed by atoms with Crippen molar-refractivity contribution in [2.24, 2.45) is 11.8 Å². The maximum Gasteiger partial charge on any atom is 0.408 e. The van der Waals surface area contributed by atoms with Crippen molar-refractivity contribution in [1.82, 2.24) is 25.0 Å². The van der Waals surface area contributed by atoms with E-state index in [1.54, 1.807) is 13.8 Å². The molecule has 0 unspecified atom stereocenters. The van der Waals surface area contributed by atoms with Crippen molar-refractivity contribution in [2.45, 2.75) is 121 Å². The molecule has 0 spiro atoms. The molecule has 4 aliphatic rings.